The second kappa shape index (κ2) is 9.66. The van der Waals surface area contributed by atoms with Gasteiger partial charge in [0, 0.05) is 36.0 Å². The van der Waals surface area contributed by atoms with Gasteiger partial charge in [-0.2, -0.15) is 5.10 Å². The van der Waals surface area contributed by atoms with Gasteiger partial charge >= 0.3 is 5.97 Å². The lowest BCUT2D eigenvalue weighted by Gasteiger charge is -2.34. The minimum Gasteiger partial charge on any atom is -0.506 e. The van der Waals surface area contributed by atoms with Crippen LogP contribution in [-0.2, 0) is 4.79 Å². The monoisotopic (exact) mass is 496 g/mol. The third-order valence-electron chi connectivity index (χ3n) is 4.60. The van der Waals surface area contributed by atoms with Crippen molar-refractivity contribution in [2.45, 2.75) is 6.92 Å². The first kappa shape index (κ1) is 21.7. The topological polar surface area (TPSA) is 88.4 Å². The molecule has 10 heteroatoms. The molecule has 0 unspecified atom stereocenters. The minimum absolute atomic E-state index is 0.0451. The Kier molecular flexibility index (Phi) is 7.23. The van der Waals surface area contributed by atoms with Gasteiger partial charge in [0.1, 0.15) is 5.75 Å². The molecule has 0 radical (unpaired) electrons. The number of hydrazone groups is 1. The second-order valence-corrected chi connectivity index (χ2v) is 8.79. The molecule has 7 nitrogen and oxygen atoms in total. The summed E-state index contributed by atoms with van der Waals surface area (Å²) in [7, 11) is 0. The molecule has 0 spiro atoms. The molecule has 3 N–H and O–H groups in total. The number of carbonyl (C=O) groups is 1. The first-order valence-corrected chi connectivity index (χ1v) is 11.0. The number of rotatable bonds is 5. The van der Waals surface area contributed by atoms with Crippen molar-refractivity contribution in [3.63, 3.8) is 0 Å². The maximum Gasteiger partial charge on any atom is 0.317 e. The summed E-state index contributed by atoms with van der Waals surface area (Å²) in [5.41, 5.74) is 5.12. The first-order chi connectivity index (χ1) is 13.8. The zero-order valence-corrected chi connectivity index (χ0v) is 19.0. The number of halogens is 1. The summed E-state index contributed by atoms with van der Waals surface area (Å²) in [6, 6.07) is 7.77. The predicted octanol–water partition coefficient (Wildman–Crippen LogP) is 3.18. The maximum absolute atomic E-state index is 10.8. The summed E-state index contributed by atoms with van der Waals surface area (Å²) in [6.07, 6.45) is 0. The van der Waals surface area contributed by atoms with Crippen molar-refractivity contribution in [2.75, 3.05) is 32.7 Å². The summed E-state index contributed by atoms with van der Waals surface area (Å²) in [5, 5.41) is 26.2. The van der Waals surface area contributed by atoms with Crippen molar-refractivity contribution < 1.29 is 15.0 Å². The highest BCUT2D eigenvalue weighted by Crippen LogP contribution is 2.39. The van der Waals surface area contributed by atoms with Gasteiger partial charge in [-0.05, 0) is 36.8 Å². The van der Waals surface area contributed by atoms with Gasteiger partial charge in [0.15, 0.2) is 5.11 Å². The summed E-state index contributed by atoms with van der Waals surface area (Å²) in [4.78, 5) is 15.4. The fraction of sp³-hybridized carbons (Fsp3) is 0.316. The Bertz CT molecular complexity index is 922. The lowest BCUT2D eigenvalue weighted by Crippen LogP contribution is -2.51. The van der Waals surface area contributed by atoms with Crippen molar-refractivity contribution in [2.24, 2.45) is 5.10 Å². The van der Waals surface area contributed by atoms with Crippen LogP contribution < -0.4 is 5.43 Å². The van der Waals surface area contributed by atoms with Crippen LogP contribution in [0.3, 0.4) is 0 Å². The number of hydrogen-bond acceptors (Lipinski definition) is 6. The number of hydrogen-bond donors (Lipinski definition) is 3. The van der Waals surface area contributed by atoms with Crippen LogP contribution in [0.4, 0.5) is 0 Å². The fourth-order valence-corrected chi connectivity index (χ4v) is 4.48. The first-order valence-electron chi connectivity index (χ1n) is 8.95. The van der Waals surface area contributed by atoms with E-state index in [9.17, 15) is 9.90 Å². The van der Waals surface area contributed by atoms with Crippen LogP contribution in [0.25, 0.3) is 10.4 Å². The number of nitrogens with zero attached hydrogens (tertiary/aromatic N) is 3. The Labute approximate surface area is 186 Å². The standard InChI is InChI=1S/C19H21BrN4O3S2/c1-12(15-11-29-18(17(15)27)13-2-4-14(20)5-3-13)21-22-19(28)24-8-6-23(7-9-24)10-16(25)26/h2-5,11,27H,6-10H2,1H3,(H,22,28)(H,25,26). The summed E-state index contributed by atoms with van der Waals surface area (Å²) < 4.78 is 0.983. The molecule has 1 saturated heterocycles. The van der Waals surface area contributed by atoms with E-state index in [-0.39, 0.29) is 12.3 Å². The molecule has 0 aliphatic carbocycles. The van der Waals surface area contributed by atoms with Gasteiger partial charge in [-0.3, -0.25) is 15.1 Å². The van der Waals surface area contributed by atoms with E-state index in [1.165, 1.54) is 11.3 Å². The largest absolute Gasteiger partial charge is 0.506 e. The highest BCUT2D eigenvalue weighted by molar-refractivity contribution is 9.10. The van der Waals surface area contributed by atoms with Crippen LogP contribution in [0.5, 0.6) is 5.75 Å². The minimum atomic E-state index is -0.822. The third-order valence-corrected chi connectivity index (χ3v) is 6.50. The fourth-order valence-electron chi connectivity index (χ4n) is 2.98. The van der Waals surface area contributed by atoms with E-state index < -0.39 is 5.97 Å². The molecular formula is C19H21BrN4O3S2. The van der Waals surface area contributed by atoms with Gasteiger partial charge in [-0.1, -0.05) is 28.1 Å². The van der Waals surface area contributed by atoms with Gasteiger partial charge in [-0.25, -0.2) is 0 Å². The molecule has 1 fully saturated rings. The number of carboxylic acids is 1. The molecule has 2 heterocycles. The molecule has 29 heavy (non-hydrogen) atoms. The van der Waals surface area contributed by atoms with E-state index in [1.807, 2.05) is 46.4 Å². The van der Waals surface area contributed by atoms with Crippen molar-refractivity contribution >= 4 is 56.3 Å². The van der Waals surface area contributed by atoms with E-state index in [0.717, 1.165) is 14.9 Å². The molecule has 3 rings (SSSR count). The van der Waals surface area contributed by atoms with Gasteiger partial charge in [0.2, 0.25) is 0 Å². The van der Waals surface area contributed by atoms with Crippen molar-refractivity contribution in [1.82, 2.24) is 15.2 Å². The second-order valence-electron chi connectivity index (χ2n) is 6.61. The molecule has 1 aromatic heterocycles. The Hall–Kier alpha value is -2.01. The predicted molar refractivity (Wildman–Crippen MR) is 123 cm³/mol. The average Bonchev–Trinajstić information content (AvgIpc) is 3.08. The van der Waals surface area contributed by atoms with Crippen LogP contribution >= 0.6 is 39.5 Å². The molecule has 1 aromatic carbocycles. The quantitative estimate of drug-likeness (QED) is 0.332. The SMILES string of the molecule is CC(=NNC(=S)N1CCN(CC(=O)O)CC1)c1csc(-c2ccc(Br)cc2)c1O. The number of nitrogens with one attached hydrogen (secondary N) is 1. The molecule has 0 amide bonds. The van der Waals surface area contributed by atoms with Gasteiger partial charge < -0.3 is 15.1 Å². The average molecular weight is 497 g/mol. The number of thiocarbonyl (C=S) groups is 1. The summed E-state index contributed by atoms with van der Waals surface area (Å²) >= 11 is 10.3. The number of piperazine rings is 1. The number of benzene rings is 1. The van der Waals surface area contributed by atoms with E-state index in [1.54, 1.807) is 0 Å². The lowest BCUT2D eigenvalue weighted by atomic mass is 10.1. The highest BCUT2D eigenvalue weighted by Gasteiger charge is 2.20. The number of aromatic hydroxyl groups is 1. The smallest absolute Gasteiger partial charge is 0.317 e. The Morgan fingerprint density at radius 3 is 2.55 bits per heavy atom. The third kappa shape index (κ3) is 5.53. The Balaban J connectivity index is 1.61. The van der Waals surface area contributed by atoms with Crippen LogP contribution in [0, 0.1) is 0 Å². The molecule has 1 aliphatic rings. The molecule has 1 aliphatic heterocycles. The normalized spacial score (nSPS) is 15.4. The zero-order valence-electron chi connectivity index (χ0n) is 15.8. The van der Waals surface area contributed by atoms with Gasteiger partial charge in [0.05, 0.1) is 22.7 Å². The van der Waals surface area contributed by atoms with E-state index in [4.69, 9.17) is 17.3 Å². The van der Waals surface area contributed by atoms with Crippen molar-refractivity contribution in [3.8, 4) is 16.2 Å². The number of thiophene rings is 1. The van der Waals surface area contributed by atoms with E-state index in [2.05, 4.69) is 26.5 Å². The highest BCUT2D eigenvalue weighted by atomic mass is 79.9. The molecule has 154 valence electrons. The molecule has 0 saturated carbocycles. The van der Waals surface area contributed by atoms with Crippen LogP contribution in [0.1, 0.15) is 12.5 Å². The Morgan fingerprint density at radius 2 is 1.93 bits per heavy atom. The van der Waals surface area contributed by atoms with Gasteiger partial charge in [0.25, 0.3) is 0 Å². The number of aliphatic carboxylic acids is 1. The number of carboxylic acid groups (broad SMARTS) is 1. The van der Waals surface area contributed by atoms with E-state index in [0.29, 0.717) is 42.6 Å². The van der Waals surface area contributed by atoms with Crippen molar-refractivity contribution in [3.05, 3.63) is 39.7 Å². The van der Waals surface area contributed by atoms with Gasteiger partial charge in [-0.15, -0.1) is 11.3 Å². The lowest BCUT2D eigenvalue weighted by molar-refractivity contribution is -0.138. The van der Waals surface area contributed by atoms with Crippen molar-refractivity contribution in [1.29, 1.82) is 0 Å². The maximum atomic E-state index is 10.8. The zero-order chi connectivity index (χ0) is 21.0. The van der Waals surface area contributed by atoms with Crippen LogP contribution in [0.15, 0.2) is 39.2 Å². The summed E-state index contributed by atoms with van der Waals surface area (Å²) in [6.45, 7) is 4.42. The molecule has 0 atom stereocenters. The van der Waals surface area contributed by atoms with Crippen LogP contribution in [-0.4, -0.2) is 69.5 Å². The molecule has 0 bridgehead atoms. The molecular weight excluding hydrogens is 476 g/mol. The molecule has 2 aromatic rings. The van der Waals surface area contributed by atoms with Crippen LogP contribution in [0.2, 0.25) is 0 Å². The Morgan fingerprint density at radius 1 is 1.28 bits per heavy atom. The summed E-state index contributed by atoms with van der Waals surface area (Å²) in [5.74, 6) is -0.619. The van der Waals surface area contributed by atoms with E-state index >= 15 is 0 Å².